The van der Waals surface area contributed by atoms with Crippen molar-refractivity contribution in [2.24, 2.45) is 11.7 Å². The van der Waals surface area contributed by atoms with E-state index in [1.54, 1.807) is 13.8 Å². The molecular formula is C18H32N4O6S. The minimum absolute atomic E-state index is 0.156. The quantitative estimate of drug-likeness (QED) is 0.271. The monoisotopic (exact) mass is 432 g/mol. The van der Waals surface area contributed by atoms with Gasteiger partial charge in [0.1, 0.15) is 18.1 Å². The van der Waals surface area contributed by atoms with Crippen LogP contribution in [0.15, 0.2) is 0 Å². The molecule has 11 heteroatoms. The summed E-state index contributed by atoms with van der Waals surface area (Å²) in [6, 6.07) is -3.95. The lowest BCUT2D eigenvalue weighted by molar-refractivity contribution is -0.149. The first-order chi connectivity index (χ1) is 13.6. The molecule has 1 fully saturated rings. The Bertz CT molecular complexity index is 603. The number of carbonyl (C=O) groups is 4. The number of hydrogen-bond acceptors (Lipinski definition) is 7. The maximum atomic E-state index is 12.9. The molecule has 1 aliphatic heterocycles. The molecule has 1 heterocycles. The molecule has 0 aliphatic carbocycles. The van der Waals surface area contributed by atoms with Crippen molar-refractivity contribution in [3.05, 3.63) is 0 Å². The maximum absolute atomic E-state index is 12.9. The van der Waals surface area contributed by atoms with Crippen molar-refractivity contribution in [1.82, 2.24) is 15.5 Å². The van der Waals surface area contributed by atoms with Gasteiger partial charge in [-0.1, -0.05) is 13.8 Å². The summed E-state index contributed by atoms with van der Waals surface area (Å²) in [5, 5.41) is 23.8. The summed E-state index contributed by atoms with van der Waals surface area (Å²) >= 11 is 1.48. The van der Waals surface area contributed by atoms with Gasteiger partial charge in [-0.3, -0.25) is 14.4 Å². The molecule has 3 amide bonds. The van der Waals surface area contributed by atoms with Gasteiger partial charge in [-0.25, -0.2) is 4.79 Å². The Labute approximate surface area is 174 Å². The largest absolute Gasteiger partial charge is 0.480 e. The van der Waals surface area contributed by atoms with Crippen LogP contribution >= 0.6 is 11.8 Å². The van der Waals surface area contributed by atoms with Crippen molar-refractivity contribution in [3.63, 3.8) is 0 Å². The van der Waals surface area contributed by atoms with Crippen LogP contribution in [0.25, 0.3) is 0 Å². The molecule has 0 saturated carbocycles. The maximum Gasteiger partial charge on any atom is 0.326 e. The minimum atomic E-state index is -1.26. The molecule has 29 heavy (non-hydrogen) atoms. The number of amides is 3. The van der Waals surface area contributed by atoms with E-state index in [1.165, 1.54) is 16.7 Å². The highest BCUT2D eigenvalue weighted by atomic mass is 32.2. The van der Waals surface area contributed by atoms with Gasteiger partial charge in [0.25, 0.3) is 0 Å². The number of aliphatic hydroxyl groups excluding tert-OH is 1. The summed E-state index contributed by atoms with van der Waals surface area (Å²) in [5.74, 6) is -2.44. The first-order valence-electron chi connectivity index (χ1n) is 9.63. The second-order valence-electron chi connectivity index (χ2n) is 7.38. The second kappa shape index (κ2) is 12.0. The van der Waals surface area contributed by atoms with E-state index in [2.05, 4.69) is 10.6 Å². The highest BCUT2D eigenvalue weighted by Crippen LogP contribution is 2.19. The molecule has 0 spiro atoms. The molecule has 6 N–H and O–H groups in total. The SMILES string of the molecule is CSCCC(NC(=O)C(CO)NC(=O)C(N)C(C)C)C(=O)N1CCCC1C(=O)O. The molecule has 0 aromatic rings. The number of aliphatic carboxylic acids is 1. The van der Waals surface area contributed by atoms with E-state index in [9.17, 15) is 29.4 Å². The van der Waals surface area contributed by atoms with Crippen molar-refractivity contribution >= 4 is 35.5 Å². The van der Waals surface area contributed by atoms with Crippen LogP contribution in [-0.4, -0.2) is 88.1 Å². The third-order valence-corrected chi connectivity index (χ3v) is 5.53. The molecule has 166 valence electrons. The van der Waals surface area contributed by atoms with Crippen LogP contribution in [0.3, 0.4) is 0 Å². The molecule has 0 aromatic carbocycles. The van der Waals surface area contributed by atoms with Crippen LogP contribution < -0.4 is 16.4 Å². The highest BCUT2D eigenvalue weighted by Gasteiger charge is 2.38. The third kappa shape index (κ3) is 7.16. The predicted molar refractivity (Wildman–Crippen MR) is 109 cm³/mol. The molecule has 10 nitrogen and oxygen atoms in total. The van der Waals surface area contributed by atoms with Crippen molar-refractivity contribution < 1.29 is 29.4 Å². The van der Waals surface area contributed by atoms with Crippen molar-refractivity contribution in [1.29, 1.82) is 0 Å². The number of nitrogens with one attached hydrogen (secondary N) is 2. The first-order valence-corrected chi connectivity index (χ1v) is 11.0. The van der Waals surface area contributed by atoms with Gasteiger partial charge in [0, 0.05) is 6.54 Å². The molecule has 0 aromatic heterocycles. The Morgan fingerprint density at radius 3 is 2.31 bits per heavy atom. The lowest BCUT2D eigenvalue weighted by Gasteiger charge is -2.28. The van der Waals surface area contributed by atoms with Crippen LogP contribution in [-0.2, 0) is 19.2 Å². The Hall–Kier alpha value is -1.85. The van der Waals surface area contributed by atoms with Gasteiger partial charge in [-0.2, -0.15) is 11.8 Å². The van der Waals surface area contributed by atoms with E-state index in [-0.39, 0.29) is 5.92 Å². The summed E-state index contributed by atoms with van der Waals surface area (Å²) in [4.78, 5) is 50.3. The van der Waals surface area contributed by atoms with Crippen molar-refractivity contribution in [2.45, 2.75) is 57.3 Å². The zero-order valence-corrected chi connectivity index (χ0v) is 17.9. The number of thioether (sulfide) groups is 1. The summed E-state index contributed by atoms with van der Waals surface area (Å²) in [6.07, 6.45) is 3.09. The molecule has 4 atom stereocenters. The lowest BCUT2D eigenvalue weighted by atomic mass is 10.0. The Morgan fingerprint density at radius 2 is 1.79 bits per heavy atom. The zero-order chi connectivity index (χ0) is 22.1. The van der Waals surface area contributed by atoms with Gasteiger partial charge in [0.05, 0.1) is 12.6 Å². The highest BCUT2D eigenvalue weighted by molar-refractivity contribution is 7.98. The van der Waals surface area contributed by atoms with Crippen LogP contribution in [0.4, 0.5) is 0 Å². The lowest BCUT2D eigenvalue weighted by Crippen LogP contribution is -2.58. The Morgan fingerprint density at radius 1 is 1.17 bits per heavy atom. The third-order valence-electron chi connectivity index (χ3n) is 4.88. The van der Waals surface area contributed by atoms with Gasteiger partial charge in [0.15, 0.2) is 0 Å². The Balaban J connectivity index is 2.86. The molecule has 1 saturated heterocycles. The van der Waals surface area contributed by atoms with Crippen LogP contribution in [0.2, 0.25) is 0 Å². The van der Waals surface area contributed by atoms with Crippen LogP contribution in [0.5, 0.6) is 0 Å². The average Bonchev–Trinajstić information content (AvgIpc) is 3.17. The van der Waals surface area contributed by atoms with E-state index in [0.717, 1.165) is 0 Å². The molecular weight excluding hydrogens is 400 g/mol. The first kappa shape index (κ1) is 25.2. The average molecular weight is 433 g/mol. The standard InChI is InChI=1S/C18H32N4O6S/c1-10(2)14(19)16(25)21-12(9-23)15(24)20-11(6-8-29-3)17(26)22-7-4-5-13(22)18(27)28/h10-14,23H,4-9,19H2,1-3H3,(H,20,24)(H,21,25)(H,27,28). The fraction of sp³-hybridized carbons (Fsp3) is 0.778. The summed E-state index contributed by atoms with van der Waals surface area (Å²) in [7, 11) is 0. The number of aliphatic hydroxyl groups is 1. The number of nitrogens with two attached hydrogens (primary N) is 1. The molecule has 4 unspecified atom stereocenters. The van der Waals surface area contributed by atoms with Crippen LogP contribution in [0.1, 0.15) is 33.1 Å². The van der Waals surface area contributed by atoms with Crippen molar-refractivity contribution in [2.75, 3.05) is 25.2 Å². The van der Waals surface area contributed by atoms with Gasteiger partial charge < -0.3 is 31.5 Å². The topological polar surface area (TPSA) is 162 Å². The molecule has 1 rings (SSSR count). The zero-order valence-electron chi connectivity index (χ0n) is 17.1. The summed E-state index contributed by atoms with van der Waals surface area (Å²) < 4.78 is 0. The van der Waals surface area contributed by atoms with Gasteiger partial charge >= 0.3 is 5.97 Å². The molecule has 0 bridgehead atoms. The fourth-order valence-corrected chi connectivity index (χ4v) is 3.49. The summed E-state index contributed by atoms with van der Waals surface area (Å²) in [6.45, 7) is 3.16. The normalized spacial score (nSPS) is 19.5. The predicted octanol–water partition coefficient (Wildman–Crippen LogP) is -1.24. The van der Waals surface area contributed by atoms with Crippen LogP contribution in [0, 0.1) is 5.92 Å². The van der Waals surface area contributed by atoms with Gasteiger partial charge in [-0.15, -0.1) is 0 Å². The Kier molecular flexibility index (Phi) is 10.4. The number of carbonyl (C=O) groups excluding carboxylic acids is 3. The van der Waals surface area contributed by atoms with E-state index in [1.807, 2.05) is 6.26 Å². The van der Waals surface area contributed by atoms with Crippen molar-refractivity contribution in [3.8, 4) is 0 Å². The minimum Gasteiger partial charge on any atom is -0.480 e. The molecule has 0 radical (unpaired) electrons. The van der Waals surface area contributed by atoms with E-state index in [0.29, 0.717) is 31.6 Å². The number of rotatable bonds is 11. The van der Waals surface area contributed by atoms with Gasteiger partial charge in [0.2, 0.25) is 17.7 Å². The number of nitrogens with zero attached hydrogens (tertiary/aromatic N) is 1. The number of likely N-dealkylation sites (tertiary alicyclic amines) is 1. The number of carboxylic acid groups (broad SMARTS) is 1. The number of hydrogen-bond donors (Lipinski definition) is 5. The molecule has 1 aliphatic rings. The fourth-order valence-electron chi connectivity index (χ4n) is 3.02. The van der Waals surface area contributed by atoms with Gasteiger partial charge in [-0.05, 0) is 37.2 Å². The summed E-state index contributed by atoms with van der Waals surface area (Å²) in [5.41, 5.74) is 5.76. The second-order valence-corrected chi connectivity index (χ2v) is 8.37. The number of carboxylic acids is 1. The van der Waals surface area contributed by atoms with E-state index in [4.69, 9.17) is 5.73 Å². The van der Waals surface area contributed by atoms with E-state index < -0.39 is 54.5 Å². The smallest absolute Gasteiger partial charge is 0.326 e. The van der Waals surface area contributed by atoms with E-state index >= 15 is 0 Å².